The lowest BCUT2D eigenvalue weighted by atomic mass is 10.1. The summed E-state index contributed by atoms with van der Waals surface area (Å²) < 4.78 is 5.70. The predicted molar refractivity (Wildman–Crippen MR) is 59.2 cm³/mol. The second kappa shape index (κ2) is 4.14. The molecule has 1 aromatic heterocycles. The molecule has 4 nitrogen and oxygen atoms in total. The fourth-order valence-electron chi connectivity index (χ4n) is 1.41. The summed E-state index contributed by atoms with van der Waals surface area (Å²) in [4.78, 5) is 10.7. The number of rotatable bonds is 3. The maximum atomic E-state index is 11.0. The molecule has 0 spiro atoms. The lowest BCUT2D eigenvalue weighted by Crippen LogP contribution is -2.16. The molecule has 15 heavy (non-hydrogen) atoms. The highest BCUT2D eigenvalue weighted by atomic mass is 32.1. The first kappa shape index (κ1) is 10.4. The van der Waals surface area contributed by atoms with E-state index in [9.17, 15) is 9.90 Å². The quantitative estimate of drug-likeness (QED) is 0.821. The largest absolute Gasteiger partial charge is 0.414 e. The van der Waals surface area contributed by atoms with E-state index in [2.05, 4.69) is 5.32 Å². The van der Waals surface area contributed by atoms with Crippen LogP contribution in [0.3, 0.4) is 0 Å². The molecule has 2 rings (SSSR count). The average molecular weight is 225 g/mol. The van der Waals surface area contributed by atoms with Gasteiger partial charge in [-0.1, -0.05) is 17.4 Å². The highest BCUT2D eigenvalue weighted by molar-refractivity contribution is 7.16. The van der Waals surface area contributed by atoms with Crippen LogP contribution in [0.15, 0.2) is 27.4 Å². The van der Waals surface area contributed by atoms with Crippen LogP contribution in [0.2, 0.25) is 0 Å². The van der Waals surface area contributed by atoms with Gasteiger partial charge in [-0.2, -0.15) is 0 Å². The normalized spacial score (nSPS) is 13.2. The molecule has 80 valence electrons. The van der Waals surface area contributed by atoms with Crippen LogP contribution >= 0.6 is 11.3 Å². The SMILES string of the molecule is CNCC(O)c1ccc2oc(=O)sc2c1. The van der Waals surface area contributed by atoms with Gasteiger partial charge in [0.25, 0.3) is 0 Å². The molecule has 1 heterocycles. The third-order valence-corrected chi connectivity index (χ3v) is 2.93. The van der Waals surface area contributed by atoms with Gasteiger partial charge in [0, 0.05) is 6.54 Å². The number of benzene rings is 1. The number of fused-ring (bicyclic) bond motifs is 1. The Morgan fingerprint density at radius 1 is 1.60 bits per heavy atom. The number of nitrogens with one attached hydrogen (secondary N) is 1. The monoisotopic (exact) mass is 225 g/mol. The number of hydrogen-bond acceptors (Lipinski definition) is 5. The molecule has 0 aliphatic carbocycles. The van der Waals surface area contributed by atoms with E-state index in [-0.39, 0.29) is 4.94 Å². The first-order valence-corrected chi connectivity index (χ1v) is 5.38. The summed E-state index contributed by atoms with van der Waals surface area (Å²) in [5.74, 6) is 0. The second-order valence-electron chi connectivity index (χ2n) is 3.23. The molecule has 0 fully saturated rings. The van der Waals surface area contributed by atoms with Gasteiger partial charge in [-0.3, -0.25) is 0 Å². The van der Waals surface area contributed by atoms with Crippen LogP contribution in [-0.4, -0.2) is 18.7 Å². The minimum absolute atomic E-state index is 0.315. The van der Waals surface area contributed by atoms with Crippen molar-refractivity contribution >= 4 is 21.6 Å². The summed E-state index contributed by atoms with van der Waals surface area (Å²) in [5.41, 5.74) is 1.36. The van der Waals surface area contributed by atoms with Crippen molar-refractivity contribution < 1.29 is 9.52 Å². The van der Waals surface area contributed by atoms with Crippen molar-refractivity contribution in [3.05, 3.63) is 33.5 Å². The van der Waals surface area contributed by atoms with Gasteiger partial charge in [0.2, 0.25) is 0 Å². The molecule has 0 radical (unpaired) electrons. The van der Waals surface area contributed by atoms with Gasteiger partial charge in [0.15, 0.2) is 0 Å². The van der Waals surface area contributed by atoms with E-state index in [1.54, 1.807) is 25.2 Å². The fourth-order valence-corrected chi connectivity index (χ4v) is 2.12. The standard InChI is InChI=1S/C10H11NO3S/c1-11-5-7(12)6-2-3-8-9(4-6)15-10(13)14-8/h2-4,7,11-12H,5H2,1H3. The van der Waals surface area contributed by atoms with E-state index in [1.165, 1.54) is 0 Å². The Hall–Kier alpha value is -1.17. The van der Waals surface area contributed by atoms with Crippen LogP contribution in [0, 0.1) is 0 Å². The van der Waals surface area contributed by atoms with Crippen molar-refractivity contribution in [2.45, 2.75) is 6.10 Å². The molecule has 0 aliphatic heterocycles. The summed E-state index contributed by atoms with van der Waals surface area (Å²) in [6.45, 7) is 0.484. The zero-order valence-corrected chi connectivity index (χ0v) is 9.00. The smallest absolute Gasteiger partial charge is 0.396 e. The maximum Gasteiger partial charge on any atom is 0.396 e. The van der Waals surface area contributed by atoms with Gasteiger partial charge in [0.05, 0.1) is 10.8 Å². The van der Waals surface area contributed by atoms with Crippen molar-refractivity contribution in [1.82, 2.24) is 5.32 Å². The van der Waals surface area contributed by atoms with Crippen LogP contribution in [0.4, 0.5) is 0 Å². The summed E-state index contributed by atoms with van der Waals surface area (Å²) in [6, 6.07) is 5.26. The second-order valence-corrected chi connectivity index (χ2v) is 4.21. The zero-order chi connectivity index (χ0) is 10.8. The average Bonchev–Trinajstić information content (AvgIpc) is 2.57. The predicted octanol–water partition coefficient (Wildman–Crippen LogP) is 1.11. The minimum atomic E-state index is -0.559. The number of hydrogen-bond donors (Lipinski definition) is 2. The maximum absolute atomic E-state index is 11.0. The molecule has 0 bridgehead atoms. The lowest BCUT2D eigenvalue weighted by Gasteiger charge is -2.09. The van der Waals surface area contributed by atoms with Crippen molar-refractivity contribution in [2.24, 2.45) is 0 Å². The molecule has 0 saturated heterocycles. The molecule has 1 atom stereocenters. The molecule has 1 aromatic carbocycles. The molecule has 5 heteroatoms. The van der Waals surface area contributed by atoms with Crippen molar-refractivity contribution in [1.29, 1.82) is 0 Å². The molecule has 2 aromatic rings. The lowest BCUT2D eigenvalue weighted by molar-refractivity contribution is 0.178. The van der Waals surface area contributed by atoms with E-state index < -0.39 is 6.10 Å². The summed E-state index contributed by atoms with van der Waals surface area (Å²) >= 11 is 1.05. The van der Waals surface area contributed by atoms with E-state index in [0.717, 1.165) is 21.6 Å². The molecule has 0 saturated carbocycles. The Labute approximate surface area is 90.2 Å². The van der Waals surface area contributed by atoms with E-state index >= 15 is 0 Å². The first-order chi connectivity index (χ1) is 7.20. The summed E-state index contributed by atoms with van der Waals surface area (Å²) in [6.07, 6.45) is -0.559. The summed E-state index contributed by atoms with van der Waals surface area (Å²) in [5, 5.41) is 12.6. The Balaban J connectivity index is 2.41. The number of aliphatic hydroxyl groups is 1. The van der Waals surface area contributed by atoms with Crippen LogP contribution in [0.25, 0.3) is 10.3 Å². The third-order valence-electron chi connectivity index (χ3n) is 2.14. The minimum Gasteiger partial charge on any atom is -0.414 e. The Morgan fingerprint density at radius 2 is 2.40 bits per heavy atom. The Bertz CT molecular complexity index is 517. The Morgan fingerprint density at radius 3 is 3.13 bits per heavy atom. The van der Waals surface area contributed by atoms with Gasteiger partial charge in [0.1, 0.15) is 5.58 Å². The highest BCUT2D eigenvalue weighted by Crippen LogP contribution is 2.22. The van der Waals surface area contributed by atoms with Gasteiger partial charge in [-0.05, 0) is 24.7 Å². The topological polar surface area (TPSA) is 62.5 Å². The Kier molecular flexibility index (Phi) is 2.86. The molecule has 1 unspecified atom stereocenters. The molecular formula is C10H11NO3S. The first-order valence-electron chi connectivity index (χ1n) is 4.57. The molecule has 2 N–H and O–H groups in total. The van der Waals surface area contributed by atoms with Gasteiger partial charge < -0.3 is 14.8 Å². The van der Waals surface area contributed by atoms with Crippen LogP contribution in [-0.2, 0) is 0 Å². The van der Waals surface area contributed by atoms with Gasteiger partial charge >= 0.3 is 4.94 Å². The van der Waals surface area contributed by atoms with Crippen molar-refractivity contribution in [2.75, 3.05) is 13.6 Å². The zero-order valence-electron chi connectivity index (χ0n) is 8.19. The molecular weight excluding hydrogens is 214 g/mol. The molecule has 0 amide bonds. The number of aliphatic hydroxyl groups excluding tert-OH is 1. The molecule has 0 aliphatic rings. The number of likely N-dealkylation sites (N-methyl/N-ethyl adjacent to an activating group) is 1. The highest BCUT2D eigenvalue weighted by Gasteiger charge is 2.09. The fraction of sp³-hybridized carbons (Fsp3) is 0.300. The van der Waals surface area contributed by atoms with E-state index in [0.29, 0.717) is 12.1 Å². The van der Waals surface area contributed by atoms with E-state index in [1.807, 2.05) is 0 Å². The van der Waals surface area contributed by atoms with Crippen molar-refractivity contribution in [3.8, 4) is 0 Å². The van der Waals surface area contributed by atoms with Crippen molar-refractivity contribution in [3.63, 3.8) is 0 Å². The summed E-state index contributed by atoms with van der Waals surface area (Å²) in [7, 11) is 1.78. The third kappa shape index (κ3) is 2.09. The van der Waals surface area contributed by atoms with E-state index in [4.69, 9.17) is 4.42 Å². The van der Waals surface area contributed by atoms with Gasteiger partial charge in [-0.25, -0.2) is 4.79 Å². The van der Waals surface area contributed by atoms with Crippen LogP contribution < -0.4 is 10.3 Å². The van der Waals surface area contributed by atoms with Crippen LogP contribution in [0.1, 0.15) is 11.7 Å². The van der Waals surface area contributed by atoms with Gasteiger partial charge in [-0.15, -0.1) is 0 Å². The van der Waals surface area contributed by atoms with Crippen LogP contribution in [0.5, 0.6) is 0 Å².